The normalized spacial score (nSPS) is 18.0. The molecule has 1 aliphatic heterocycles. The van der Waals surface area contributed by atoms with E-state index in [2.05, 4.69) is 0 Å². The third kappa shape index (κ3) is 4.08. The highest BCUT2D eigenvalue weighted by molar-refractivity contribution is 5.68. The van der Waals surface area contributed by atoms with E-state index in [-0.39, 0.29) is 12.1 Å². The number of amides is 1. The van der Waals surface area contributed by atoms with E-state index >= 15 is 0 Å². The van der Waals surface area contributed by atoms with Crippen LogP contribution in [0.1, 0.15) is 37.7 Å². The number of rotatable bonds is 6. The molecule has 0 saturated carbocycles. The van der Waals surface area contributed by atoms with Gasteiger partial charge in [0.15, 0.2) is 0 Å². The SMILES string of the molecule is O=CCCCC1CCCN1C(=O)OCc1ccccc1. The molecule has 0 aliphatic carbocycles. The molecule has 1 heterocycles. The molecule has 2 rings (SSSR count). The lowest BCUT2D eigenvalue weighted by Crippen LogP contribution is -2.35. The summed E-state index contributed by atoms with van der Waals surface area (Å²) < 4.78 is 5.37. The second-order valence-corrected chi connectivity index (χ2v) is 5.13. The average molecular weight is 275 g/mol. The number of hydrogen-bond acceptors (Lipinski definition) is 3. The van der Waals surface area contributed by atoms with Gasteiger partial charge in [-0.3, -0.25) is 0 Å². The van der Waals surface area contributed by atoms with Gasteiger partial charge in [0.1, 0.15) is 12.9 Å². The van der Waals surface area contributed by atoms with Crippen LogP contribution < -0.4 is 0 Å². The largest absolute Gasteiger partial charge is 0.445 e. The lowest BCUT2D eigenvalue weighted by Gasteiger charge is -2.23. The fraction of sp³-hybridized carbons (Fsp3) is 0.500. The van der Waals surface area contributed by atoms with Gasteiger partial charge in [0.05, 0.1) is 0 Å². The molecule has 1 aromatic rings. The molecule has 108 valence electrons. The quantitative estimate of drug-likeness (QED) is 0.592. The van der Waals surface area contributed by atoms with E-state index in [1.807, 2.05) is 35.2 Å². The van der Waals surface area contributed by atoms with Crippen molar-refractivity contribution in [3.63, 3.8) is 0 Å². The Morgan fingerprint density at radius 3 is 2.90 bits per heavy atom. The Morgan fingerprint density at radius 1 is 1.35 bits per heavy atom. The van der Waals surface area contributed by atoms with Gasteiger partial charge < -0.3 is 14.4 Å². The van der Waals surface area contributed by atoms with Gasteiger partial charge in [0.25, 0.3) is 0 Å². The Labute approximate surface area is 119 Å². The van der Waals surface area contributed by atoms with Crippen LogP contribution in [0, 0.1) is 0 Å². The van der Waals surface area contributed by atoms with E-state index in [1.165, 1.54) is 0 Å². The minimum Gasteiger partial charge on any atom is -0.445 e. The molecule has 20 heavy (non-hydrogen) atoms. The van der Waals surface area contributed by atoms with E-state index in [9.17, 15) is 9.59 Å². The predicted molar refractivity (Wildman–Crippen MR) is 76.3 cm³/mol. The van der Waals surface area contributed by atoms with Gasteiger partial charge in [-0.2, -0.15) is 0 Å². The lowest BCUT2D eigenvalue weighted by atomic mass is 10.1. The summed E-state index contributed by atoms with van der Waals surface area (Å²) in [6, 6.07) is 9.92. The first-order valence-corrected chi connectivity index (χ1v) is 7.22. The van der Waals surface area contributed by atoms with Crippen LogP contribution in [0.25, 0.3) is 0 Å². The molecular formula is C16H21NO3. The molecule has 0 bridgehead atoms. The van der Waals surface area contributed by atoms with Crippen molar-refractivity contribution in [1.29, 1.82) is 0 Å². The van der Waals surface area contributed by atoms with Crippen LogP contribution in [0.2, 0.25) is 0 Å². The highest BCUT2D eigenvalue weighted by atomic mass is 16.6. The summed E-state index contributed by atoms with van der Waals surface area (Å²) in [6.45, 7) is 1.08. The molecular weight excluding hydrogens is 254 g/mol. The van der Waals surface area contributed by atoms with Gasteiger partial charge in [-0.25, -0.2) is 4.79 Å². The maximum absolute atomic E-state index is 12.1. The number of likely N-dealkylation sites (tertiary alicyclic amines) is 1. The molecule has 1 saturated heterocycles. The summed E-state index contributed by atoms with van der Waals surface area (Å²) in [4.78, 5) is 24.3. The van der Waals surface area contributed by atoms with Crippen LogP contribution in [0.3, 0.4) is 0 Å². The minimum atomic E-state index is -0.234. The van der Waals surface area contributed by atoms with Crippen molar-refractivity contribution in [3.05, 3.63) is 35.9 Å². The number of benzene rings is 1. The summed E-state index contributed by atoms with van der Waals surface area (Å²) in [5.41, 5.74) is 0.998. The van der Waals surface area contributed by atoms with Gasteiger partial charge >= 0.3 is 6.09 Å². The van der Waals surface area contributed by atoms with E-state index < -0.39 is 0 Å². The molecule has 1 fully saturated rings. The predicted octanol–water partition coefficient (Wildman–Crippen LogP) is 3.16. The maximum Gasteiger partial charge on any atom is 0.410 e. The van der Waals surface area contributed by atoms with Crippen molar-refractivity contribution in [3.8, 4) is 0 Å². The number of nitrogens with zero attached hydrogens (tertiary/aromatic N) is 1. The van der Waals surface area contributed by atoms with E-state index in [0.717, 1.165) is 44.1 Å². The van der Waals surface area contributed by atoms with Crippen molar-refractivity contribution >= 4 is 12.4 Å². The van der Waals surface area contributed by atoms with Crippen LogP contribution in [-0.2, 0) is 16.1 Å². The van der Waals surface area contributed by atoms with Crippen molar-refractivity contribution < 1.29 is 14.3 Å². The van der Waals surface area contributed by atoms with Crippen molar-refractivity contribution in [1.82, 2.24) is 4.90 Å². The summed E-state index contributed by atoms with van der Waals surface area (Å²) in [6.07, 6.45) is 5.04. The lowest BCUT2D eigenvalue weighted by molar-refractivity contribution is -0.107. The second kappa shape index (κ2) is 7.68. The fourth-order valence-corrected chi connectivity index (χ4v) is 2.62. The topological polar surface area (TPSA) is 46.6 Å². The van der Waals surface area contributed by atoms with Crippen LogP contribution in [0.4, 0.5) is 4.79 Å². The highest BCUT2D eigenvalue weighted by Gasteiger charge is 2.29. The number of carbonyl (C=O) groups excluding carboxylic acids is 2. The first-order chi connectivity index (χ1) is 9.81. The fourth-order valence-electron chi connectivity index (χ4n) is 2.62. The standard InChI is InChI=1S/C16H21NO3/c18-12-5-4-9-15-10-6-11-17(15)16(19)20-13-14-7-2-1-3-8-14/h1-3,7-8,12,15H,4-6,9-11,13H2. The van der Waals surface area contributed by atoms with Crippen molar-refractivity contribution in [2.45, 2.75) is 44.8 Å². The van der Waals surface area contributed by atoms with Gasteiger partial charge in [0.2, 0.25) is 0 Å². The summed E-state index contributed by atoms with van der Waals surface area (Å²) in [7, 11) is 0. The molecule has 1 aliphatic rings. The summed E-state index contributed by atoms with van der Waals surface area (Å²) in [5, 5.41) is 0. The Bertz CT molecular complexity index is 433. The monoisotopic (exact) mass is 275 g/mol. The Morgan fingerprint density at radius 2 is 2.15 bits per heavy atom. The van der Waals surface area contributed by atoms with E-state index in [4.69, 9.17) is 4.74 Å². The Hall–Kier alpha value is -1.84. The number of ether oxygens (including phenoxy) is 1. The first kappa shape index (κ1) is 14.6. The molecule has 0 aromatic heterocycles. The van der Waals surface area contributed by atoms with Crippen LogP contribution in [-0.4, -0.2) is 29.9 Å². The molecule has 4 nitrogen and oxygen atoms in total. The number of aldehydes is 1. The zero-order valence-electron chi connectivity index (χ0n) is 11.7. The average Bonchev–Trinajstić information content (AvgIpc) is 2.95. The number of carbonyl (C=O) groups is 2. The number of hydrogen-bond donors (Lipinski definition) is 0. The Kier molecular flexibility index (Phi) is 5.59. The minimum absolute atomic E-state index is 0.234. The molecule has 0 spiro atoms. The second-order valence-electron chi connectivity index (χ2n) is 5.13. The maximum atomic E-state index is 12.1. The first-order valence-electron chi connectivity index (χ1n) is 7.22. The number of unbranched alkanes of at least 4 members (excludes halogenated alkanes) is 1. The van der Waals surface area contributed by atoms with Gasteiger partial charge in [-0.1, -0.05) is 30.3 Å². The smallest absolute Gasteiger partial charge is 0.410 e. The van der Waals surface area contributed by atoms with Crippen molar-refractivity contribution in [2.24, 2.45) is 0 Å². The Balaban J connectivity index is 1.80. The molecule has 0 radical (unpaired) electrons. The summed E-state index contributed by atoms with van der Waals surface area (Å²) >= 11 is 0. The molecule has 1 atom stereocenters. The molecule has 1 unspecified atom stereocenters. The van der Waals surface area contributed by atoms with Gasteiger partial charge in [0, 0.05) is 19.0 Å². The van der Waals surface area contributed by atoms with E-state index in [0.29, 0.717) is 13.0 Å². The molecule has 1 amide bonds. The molecule has 1 aromatic carbocycles. The van der Waals surface area contributed by atoms with Crippen LogP contribution in [0.15, 0.2) is 30.3 Å². The third-order valence-corrected chi connectivity index (χ3v) is 3.68. The van der Waals surface area contributed by atoms with Gasteiger partial charge in [-0.15, -0.1) is 0 Å². The van der Waals surface area contributed by atoms with Crippen LogP contribution in [0.5, 0.6) is 0 Å². The van der Waals surface area contributed by atoms with Crippen molar-refractivity contribution in [2.75, 3.05) is 6.54 Å². The highest BCUT2D eigenvalue weighted by Crippen LogP contribution is 2.22. The van der Waals surface area contributed by atoms with Gasteiger partial charge in [-0.05, 0) is 31.2 Å². The third-order valence-electron chi connectivity index (χ3n) is 3.68. The zero-order valence-corrected chi connectivity index (χ0v) is 11.7. The molecule has 4 heteroatoms. The van der Waals surface area contributed by atoms with Crippen LogP contribution >= 0.6 is 0 Å². The molecule has 0 N–H and O–H groups in total. The summed E-state index contributed by atoms with van der Waals surface area (Å²) in [5.74, 6) is 0. The zero-order chi connectivity index (χ0) is 14.2. The van der Waals surface area contributed by atoms with E-state index in [1.54, 1.807) is 0 Å².